The SMILES string of the molecule is CCS(=O)(=O)N1CC[C@H](Nc2c(Br)cnc3nc(-c4cc(C)n(-c5cccc(CNS(=O)O)c5)c4C)[nH]c23)C1. The molecular formula is C25H30BrN7O4S2. The summed E-state index contributed by atoms with van der Waals surface area (Å²) in [6.45, 7) is 6.88. The Hall–Kier alpha value is -2.62. The van der Waals surface area contributed by atoms with Crippen LogP contribution >= 0.6 is 15.9 Å². The van der Waals surface area contributed by atoms with E-state index in [1.165, 1.54) is 0 Å². The minimum atomic E-state index is -3.23. The van der Waals surface area contributed by atoms with Crippen molar-refractivity contribution in [3.8, 4) is 17.1 Å². The fraction of sp³-hybridized carbons (Fsp3) is 0.360. The maximum absolute atomic E-state index is 12.3. The van der Waals surface area contributed by atoms with Crippen molar-refractivity contribution in [2.45, 2.75) is 39.8 Å². The highest BCUT2D eigenvalue weighted by atomic mass is 79.9. The lowest BCUT2D eigenvalue weighted by atomic mass is 10.2. The Balaban J connectivity index is 1.46. The van der Waals surface area contributed by atoms with E-state index in [-0.39, 0.29) is 18.3 Å². The number of aryl methyl sites for hydroxylation is 1. The predicted octanol–water partition coefficient (Wildman–Crippen LogP) is 3.86. The third-order valence-electron chi connectivity index (χ3n) is 6.99. The van der Waals surface area contributed by atoms with Gasteiger partial charge in [-0.1, -0.05) is 12.1 Å². The maximum atomic E-state index is 12.3. The monoisotopic (exact) mass is 635 g/mol. The first-order valence-electron chi connectivity index (χ1n) is 12.5. The van der Waals surface area contributed by atoms with E-state index in [1.807, 2.05) is 38.1 Å². The van der Waals surface area contributed by atoms with Crippen LogP contribution in [0.2, 0.25) is 0 Å². The van der Waals surface area contributed by atoms with Crippen molar-refractivity contribution in [3.63, 3.8) is 0 Å². The van der Waals surface area contributed by atoms with E-state index in [4.69, 9.17) is 9.54 Å². The smallest absolute Gasteiger partial charge is 0.232 e. The van der Waals surface area contributed by atoms with Gasteiger partial charge in [0.25, 0.3) is 0 Å². The van der Waals surface area contributed by atoms with Crippen LogP contribution in [0.15, 0.2) is 41.0 Å². The number of halogens is 1. The number of imidazole rings is 1. The molecule has 1 aromatic carbocycles. The number of aromatic amines is 1. The number of fused-ring (bicyclic) bond motifs is 1. The van der Waals surface area contributed by atoms with Crippen LogP contribution in [0.5, 0.6) is 0 Å². The minimum Gasteiger partial charge on any atom is -0.378 e. The lowest BCUT2D eigenvalue weighted by Gasteiger charge is -2.17. The van der Waals surface area contributed by atoms with Gasteiger partial charge in [-0.2, -0.15) is 4.31 Å². The highest BCUT2D eigenvalue weighted by molar-refractivity contribution is 9.10. The van der Waals surface area contributed by atoms with Gasteiger partial charge < -0.3 is 14.9 Å². The third-order valence-corrected chi connectivity index (χ3v) is 9.83. The first kappa shape index (κ1) is 27.9. The molecule has 4 N–H and O–H groups in total. The summed E-state index contributed by atoms with van der Waals surface area (Å²) in [5.74, 6) is 0.767. The van der Waals surface area contributed by atoms with Crippen LogP contribution in [0.3, 0.4) is 0 Å². The van der Waals surface area contributed by atoms with Gasteiger partial charge in [-0.05, 0) is 66.9 Å². The molecule has 0 saturated carbocycles. The molecule has 1 fully saturated rings. The average Bonchev–Trinajstić information content (AvgIpc) is 3.62. The van der Waals surface area contributed by atoms with Gasteiger partial charge in [0, 0.05) is 54.5 Å². The highest BCUT2D eigenvalue weighted by Crippen LogP contribution is 2.34. The topological polar surface area (TPSA) is 145 Å². The number of benzene rings is 1. The third kappa shape index (κ3) is 5.67. The van der Waals surface area contributed by atoms with Gasteiger partial charge in [0.2, 0.25) is 21.3 Å². The van der Waals surface area contributed by atoms with Gasteiger partial charge in [-0.25, -0.2) is 27.3 Å². The Kier molecular flexibility index (Phi) is 7.95. The van der Waals surface area contributed by atoms with E-state index in [1.54, 1.807) is 17.4 Å². The Labute approximate surface area is 238 Å². The van der Waals surface area contributed by atoms with Crippen molar-refractivity contribution in [2.24, 2.45) is 0 Å². The number of anilines is 1. The first-order valence-corrected chi connectivity index (χ1v) is 16.0. The molecule has 11 nitrogen and oxygen atoms in total. The van der Waals surface area contributed by atoms with Crippen LogP contribution in [0, 0.1) is 13.8 Å². The van der Waals surface area contributed by atoms with Gasteiger partial charge in [0.1, 0.15) is 11.3 Å². The summed E-state index contributed by atoms with van der Waals surface area (Å²) in [5, 5.41) is 3.51. The first-order chi connectivity index (χ1) is 18.6. The summed E-state index contributed by atoms with van der Waals surface area (Å²) in [6.07, 6.45) is 2.41. The molecule has 208 valence electrons. The number of nitrogens with zero attached hydrogens (tertiary/aromatic N) is 4. The molecule has 2 atom stereocenters. The van der Waals surface area contributed by atoms with Gasteiger partial charge >= 0.3 is 0 Å². The number of nitrogens with one attached hydrogen (secondary N) is 3. The fourth-order valence-corrected chi connectivity index (χ4v) is 6.90. The molecule has 1 aliphatic heterocycles. The lowest BCUT2D eigenvalue weighted by Crippen LogP contribution is -2.32. The molecule has 4 aromatic rings. The normalized spacial score (nSPS) is 17.2. The zero-order valence-corrected chi connectivity index (χ0v) is 25.0. The molecule has 39 heavy (non-hydrogen) atoms. The van der Waals surface area contributed by atoms with Crippen molar-refractivity contribution >= 4 is 54.1 Å². The zero-order chi connectivity index (χ0) is 27.9. The van der Waals surface area contributed by atoms with E-state index in [0.717, 1.165) is 43.9 Å². The van der Waals surface area contributed by atoms with Crippen LogP contribution in [-0.4, -0.2) is 65.9 Å². The molecule has 0 aliphatic carbocycles. The Morgan fingerprint density at radius 3 is 2.82 bits per heavy atom. The number of rotatable bonds is 9. The second-order valence-corrected chi connectivity index (χ2v) is 13.4. The summed E-state index contributed by atoms with van der Waals surface area (Å²) in [7, 11) is -3.23. The lowest BCUT2D eigenvalue weighted by molar-refractivity contribution is 0.476. The molecule has 1 unspecified atom stereocenters. The van der Waals surface area contributed by atoms with Crippen molar-refractivity contribution in [1.29, 1.82) is 0 Å². The quantitative estimate of drug-likeness (QED) is 0.204. The van der Waals surface area contributed by atoms with Crippen molar-refractivity contribution in [2.75, 3.05) is 24.2 Å². The fourth-order valence-electron chi connectivity index (χ4n) is 5.04. The number of hydrogen-bond acceptors (Lipinski definition) is 6. The number of pyridine rings is 1. The van der Waals surface area contributed by atoms with E-state index in [2.05, 4.69) is 46.6 Å². The molecule has 3 aromatic heterocycles. The van der Waals surface area contributed by atoms with Crippen molar-refractivity contribution in [3.05, 3.63) is 58.0 Å². The van der Waals surface area contributed by atoms with Crippen molar-refractivity contribution in [1.82, 2.24) is 28.5 Å². The Bertz CT molecular complexity index is 1670. The maximum Gasteiger partial charge on any atom is 0.232 e. The number of aromatic nitrogens is 4. The van der Waals surface area contributed by atoms with E-state index in [9.17, 15) is 12.6 Å². The molecule has 5 rings (SSSR count). The second-order valence-electron chi connectivity index (χ2n) is 9.51. The zero-order valence-electron chi connectivity index (χ0n) is 21.7. The van der Waals surface area contributed by atoms with E-state index < -0.39 is 21.3 Å². The molecule has 14 heteroatoms. The van der Waals surface area contributed by atoms with Crippen LogP contribution < -0.4 is 10.0 Å². The molecule has 0 bridgehead atoms. The van der Waals surface area contributed by atoms with Gasteiger partial charge in [-0.3, -0.25) is 4.55 Å². The van der Waals surface area contributed by atoms with E-state index in [0.29, 0.717) is 31.0 Å². The number of sulfonamides is 1. The standard InChI is InChI=1S/C25H30BrN7O4S2/c1-4-39(36,37)32-9-8-18(14-32)29-22-21(26)13-27-25-23(22)30-24(31-25)20-10-15(2)33(16(20)3)19-7-5-6-17(11-19)12-28-38(34)35/h5-7,10-11,13,18,28H,4,8-9,12,14H2,1-3H3,(H,34,35)(H2,27,29,30,31)/t18-/m0/s1. The molecular weight excluding hydrogens is 606 g/mol. The summed E-state index contributed by atoms with van der Waals surface area (Å²) < 4.78 is 51.7. The van der Waals surface area contributed by atoms with Crippen LogP contribution in [0.25, 0.3) is 28.2 Å². The minimum absolute atomic E-state index is 0.0323. The largest absolute Gasteiger partial charge is 0.378 e. The molecule has 0 radical (unpaired) electrons. The van der Waals surface area contributed by atoms with Crippen LogP contribution in [-0.2, 0) is 27.8 Å². The van der Waals surface area contributed by atoms with Gasteiger partial charge in [-0.15, -0.1) is 0 Å². The predicted molar refractivity (Wildman–Crippen MR) is 156 cm³/mol. The van der Waals surface area contributed by atoms with Crippen molar-refractivity contribution < 1.29 is 17.2 Å². The van der Waals surface area contributed by atoms with Gasteiger partial charge in [0.05, 0.1) is 15.9 Å². The average molecular weight is 637 g/mol. The van der Waals surface area contributed by atoms with Crippen LogP contribution in [0.4, 0.5) is 5.69 Å². The second kappa shape index (κ2) is 11.1. The molecule has 0 amide bonds. The summed E-state index contributed by atoms with van der Waals surface area (Å²) in [5.41, 5.74) is 6.83. The Morgan fingerprint density at radius 2 is 2.08 bits per heavy atom. The van der Waals surface area contributed by atoms with Crippen LogP contribution in [0.1, 0.15) is 30.3 Å². The molecule has 0 spiro atoms. The molecule has 1 aliphatic rings. The summed E-state index contributed by atoms with van der Waals surface area (Å²) >= 11 is 1.52. The Morgan fingerprint density at radius 1 is 1.28 bits per heavy atom. The summed E-state index contributed by atoms with van der Waals surface area (Å²) in [6, 6.07) is 9.82. The molecule has 1 saturated heterocycles. The summed E-state index contributed by atoms with van der Waals surface area (Å²) in [4.78, 5) is 12.7. The number of H-pyrrole nitrogens is 1. The highest BCUT2D eigenvalue weighted by Gasteiger charge is 2.31. The van der Waals surface area contributed by atoms with E-state index >= 15 is 0 Å². The molecule has 4 heterocycles. The number of hydrogen-bond donors (Lipinski definition) is 4. The van der Waals surface area contributed by atoms with Gasteiger partial charge in [0.15, 0.2) is 5.65 Å².